The van der Waals surface area contributed by atoms with Gasteiger partial charge in [0.2, 0.25) is 0 Å². The maximum absolute atomic E-state index is 5.89. The number of rotatable bonds is 2. The third kappa shape index (κ3) is 1.44. The number of hydrogen-bond acceptors (Lipinski definition) is 4. The number of nitrogen functional groups attached to an aromatic ring is 1. The van der Waals surface area contributed by atoms with Crippen LogP contribution in [-0.4, -0.2) is 19.1 Å². The van der Waals surface area contributed by atoms with E-state index in [1.807, 2.05) is 19.2 Å². The molecule has 4 nitrogen and oxygen atoms in total. The zero-order chi connectivity index (χ0) is 10.8. The highest BCUT2D eigenvalue weighted by molar-refractivity contribution is 6.00. The van der Waals surface area contributed by atoms with Crippen LogP contribution in [0.25, 0.3) is 10.9 Å². The lowest BCUT2D eigenvalue weighted by Crippen LogP contribution is -1.99. The highest BCUT2D eigenvalue weighted by Gasteiger charge is 2.09. The molecule has 15 heavy (non-hydrogen) atoms. The zero-order valence-corrected chi connectivity index (χ0v) is 8.74. The van der Waals surface area contributed by atoms with Gasteiger partial charge in [-0.25, -0.2) is 0 Å². The third-order valence-corrected chi connectivity index (χ3v) is 2.36. The number of benzene rings is 1. The molecule has 0 saturated carbocycles. The van der Waals surface area contributed by atoms with E-state index in [4.69, 9.17) is 10.5 Å². The first-order chi connectivity index (χ1) is 7.27. The fraction of sp³-hybridized carbons (Fsp3) is 0.182. The fourth-order valence-electron chi connectivity index (χ4n) is 1.66. The maximum Gasteiger partial charge on any atom is 0.130 e. The van der Waals surface area contributed by atoms with E-state index in [1.165, 1.54) is 0 Å². The Morgan fingerprint density at radius 1 is 1.47 bits per heavy atom. The molecule has 0 radical (unpaired) electrons. The highest BCUT2D eigenvalue weighted by Crippen LogP contribution is 2.34. The van der Waals surface area contributed by atoms with Crippen molar-refractivity contribution in [3.8, 4) is 5.75 Å². The number of nitrogens with two attached hydrogens (primary N) is 1. The Balaban J connectivity index is 2.86. The van der Waals surface area contributed by atoms with Crippen molar-refractivity contribution in [2.75, 3.05) is 25.2 Å². The van der Waals surface area contributed by atoms with Gasteiger partial charge in [0, 0.05) is 24.7 Å². The van der Waals surface area contributed by atoms with E-state index < -0.39 is 0 Å². The van der Waals surface area contributed by atoms with Crippen LogP contribution in [0.4, 0.5) is 11.4 Å². The smallest absolute Gasteiger partial charge is 0.130 e. The van der Waals surface area contributed by atoms with Gasteiger partial charge in [-0.15, -0.1) is 0 Å². The van der Waals surface area contributed by atoms with Gasteiger partial charge in [0.15, 0.2) is 0 Å². The topological polar surface area (TPSA) is 60.2 Å². The van der Waals surface area contributed by atoms with Crippen LogP contribution in [0, 0.1) is 0 Å². The monoisotopic (exact) mass is 203 g/mol. The summed E-state index contributed by atoms with van der Waals surface area (Å²) < 4.78 is 5.26. The number of anilines is 2. The Labute approximate surface area is 88.1 Å². The van der Waals surface area contributed by atoms with Gasteiger partial charge in [-0.1, -0.05) is 0 Å². The van der Waals surface area contributed by atoms with Crippen molar-refractivity contribution in [1.29, 1.82) is 0 Å². The second kappa shape index (κ2) is 3.65. The van der Waals surface area contributed by atoms with Gasteiger partial charge < -0.3 is 15.8 Å². The summed E-state index contributed by atoms with van der Waals surface area (Å²) in [7, 11) is 3.45. The number of fused-ring (bicyclic) bond motifs is 1. The number of nitrogens with one attached hydrogen (secondary N) is 1. The van der Waals surface area contributed by atoms with Crippen molar-refractivity contribution < 1.29 is 4.74 Å². The second-order valence-electron chi connectivity index (χ2n) is 3.19. The number of hydrogen-bond donors (Lipinski definition) is 2. The van der Waals surface area contributed by atoms with Crippen molar-refractivity contribution >= 4 is 22.3 Å². The molecule has 78 valence electrons. The van der Waals surface area contributed by atoms with Crippen LogP contribution in [0.5, 0.6) is 5.75 Å². The van der Waals surface area contributed by atoms with Gasteiger partial charge in [0.25, 0.3) is 0 Å². The Morgan fingerprint density at radius 2 is 2.27 bits per heavy atom. The first-order valence-electron chi connectivity index (χ1n) is 4.67. The molecule has 1 aromatic heterocycles. The van der Waals surface area contributed by atoms with Gasteiger partial charge in [-0.2, -0.15) is 0 Å². The number of nitrogens with zero attached hydrogens (tertiary/aromatic N) is 1. The summed E-state index contributed by atoms with van der Waals surface area (Å²) in [6.45, 7) is 0. The van der Waals surface area contributed by atoms with E-state index in [0.717, 1.165) is 22.3 Å². The molecule has 2 rings (SSSR count). The van der Waals surface area contributed by atoms with E-state index in [0.29, 0.717) is 5.69 Å². The van der Waals surface area contributed by atoms with Crippen molar-refractivity contribution in [2.24, 2.45) is 0 Å². The summed E-state index contributed by atoms with van der Waals surface area (Å²) in [5.74, 6) is 0.745. The van der Waals surface area contributed by atoms with Gasteiger partial charge in [-0.3, -0.25) is 4.98 Å². The standard InChI is InChI=1S/C11H13N3O/c1-13-11-8(12)6-9(15-2)7-4-3-5-14-10(7)11/h3-6,13H,12H2,1-2H3. The summed E-state index contributed by atoms with van der Waals surface area (Å²) in [5.41, 5.74) is 8.20. The number of aromatic nitrogens is 1. The van der Waals surface area contributed by atoms with Crippen molar-refractivity contribution in [3.05, 3.63) is 24.4 Å². The van der Waals surface area contributed by atoms with Crippen LogP contribution in [0.1, 0.15) is 0 Å². The average molecular weight is 203 g/mol. The lowest BCUT2D eigenvalue weighted by molar-refractivity contribution is 0.420. The summed E-state index contributed by atoms with van der Waals surface area (Å²) >= 11 is 0. The molecule has 1 aromatic carbocycles. The second-order valence-corrected chi connectivity index (χ2v) is 3.19. The van der Waals surface area contributed by atoms with Crippen molar-refractivity contribution in [3.63, 3.8) is 0 Å². The Bertz CT molecular complexity index is 496. The molecular formula is C11H13N3O. The van der Waals surface area contributed by atoms with Crippen LogP contribution in [0.3, 0.4) is 0 Å². The molecule has 0 unspecified atom stereocenters. The van der Waals surface area contributed by atoms with E-state index in [2.05, 4.69) is 10.3 Å². The molecular weight excluding hydrogens is 190 g/mol. The van der Waals surface area contributed by atoms with Gasteiger partial charge in [0.1, 0.15) is 5.75 Å². The minimum absolute atomic E-state index is 0.639. The summed E-state index contributed by atoms with van der Waals surface area (Å²) in [6.07, 6.45) is 1.74. The van der Waals surface area contributed by atoms with Crippen molar-refractivity contribution in [1.82, 2.24) is 4.98 Å². The zero-order valence-electron chi connectivity index (χ0n) is 8.74. The summed E-state index contributed by atoms with van der Waals surface area (Å²) in [5, 5.41) is 4.00. The first kappa shape index (κ1) is 9.58. The maximum atomic E-state index is 5.89. The summed E-state index contributed by atoms with van der Waals surface area (Å²) in [4.78, 5) is 4.30. The lowest BCUT2D eigenvalue weighted by Gasteiger charge is -2.11. The molecule has 0 amide bonds. The molecule has 0 aliphatic carbocycles. The molecule has 4 heteroatoms. The van der Waals surface area contributed by atoms with Crippen LogP contribution in [-0.2, 0) is 0 Å². The molecule has 0 fully saturated rings. The first-order valence-corrected chi connectivity index (χ1v) is 4.67. The van der Waals surface area contributed by atoms with Crippen LogP contribution >= 0.6 is 0 Å². The minimum Gasteiger partial charge on any atom is -0.496 e. The highest BCUT2D eigenvalue weighted by atomic mass is 16.5. The molecule has 2 aromatic rings. The Hall–Kier alpha value is -1.97. The van der Waals surface area contributed by atoms with Gasteiger partial charge in [0.05, 0.1) is 24.0 Å². The number of pyridine rings is 1. The van der Waals surface area contributed by atoms with E-state index in [9.17, 15) is 0 Å². The Kier molecular flexibility index (Phi) is 2.33. The normalized spacial score (nSPS) is 10.3. The lowest BCUT2D eigenvalue weighted by atomic mass is 10.1. The van der Waals surface area contributed by atoms with Crippen LogP contribution in [0.15, 0.2) is 24.4 Å². The predicted molar refractivity (Wildman–Crippen MR) is 62.3 cm³/mol. The molecule has 0 aliphatic heterocycles. The van der Waals surface area contributed by atoms with Crippen LogP contribution in [0.2, 0.25) is 0 Å². The molecule has 0 atom stereocenters. The Morgan fingerprint density at radius 3 is 2.93 bits per heavy atom. The SMILES string of the molecule is CNc1c(N)cc(OC)c2cccnc12. The predicted octanol–water partition coefficient (Wildman–Crippen LogP) is 1.87. The number of methoxy groups -OCH3 is 1. The van der Waals surface area contributed by atoms with Gasteiger partial charge >= 0.3 is 0 Å². The van der Waals surface area contributed by atoms with E-state index in [1.54, 1.807) is 19.4 Å². The molecule has 0 saturated heterocycles. The van der Waals surface area contributed by atoms with E-state index in [-0.39, 0.29) is 0 Å². The molecule has 3 N–H and O–H groups in total. The number of ether oxygens (including phenoxy) is 1. The quantitative estimate of drug-likeness (QED) is 0.731. The third-order valence-electron chi connectivity index (χ3n) is 2.36. The van der Waals surface area contributed by atoms with Crippen LogP contribution < -0.4 is 15.8 Å². The molecule has 0 aliphatic rings. The largest absolute Gasteiger partial charge is 0.496 e. The minimum atomic E-state index is 0.639. The summed E-state index contributed by atoms with van der Waals surface area (Å²) in [6, 6.07) is 5.64. The molecule has 0 bridgehead atoms. The molecule has 0 spiro atoms. The van der Waals surface area contributed by atoms with Crippen molar-refractivity contribution in [2.45, 2.75) is 0 Å². The average Bonchev–Trinajstić information content (AvgIpc) is 2.28. The van der Waals surface area contributed by atoms with E-state index >= 15 is 0 Å². The van der Waals surface area contributed by atoms with Gasteiger partial charge in [-0.05, 0) is 12.1 Å². The molecule has 1 heterocycles. The fourth-order valence-corrected chi connectivity index (χ4v) is 1.66.